The van der Waals surface area contributed by atoms with E-state index in [-0.39, 0.29) is 0 Å². The van der Waals surface area contributed by atoms with Crippen LogP contribution in [-0.4, -0.2) is 5.78 Å². The van der Waals surface area contributed by atoms with Gasteiger partial charge < -0.3 is 0 Å². The topological polar surface area (TPSA) is 17.1 Å². The average Bonchev–Trinajstić information content (AvgIpc) is 2.35. The number of rotatable bonds is 1. The zero-order valence-electron chi connectivity index (χ0n) is 6.68. The van der Waals surface area contributed by atoms with Crippen LogP contribution < -0.4 is 0 Å². The van der Waals surface area contributed by atoms with Crippen molar-refractivity contribution in [2.45, 2.75) is 33.1 Å². The van der Waals surface area contributed by atoms with Crippen molar-refractivity contribution in [2.24, 2.45) is 17.3 Å². The quantitative estimate of drug-likeness (QED) is 0.541. The van der Waals surface area contributed by atoms with Gasteiger partial charge in [0.1, 0.15) is 5.78 Å². The van der Waals surface area contributed by atoms with E-state index in [4.69, 9.17) is 0 Å². The molecule has 0 bridgehead atoms. The Kier molecular flexibility index (Phi) is 1.04. The van der Waals surface area contributed by atoms with Crippen molar-refractivity contribution in [3.63, 3.8) is 0 Å². The molecule has 0 heterocycles. The fourth-order valence-corrected chi connectivity index (χ4v) is 2.70. The minimum atomic E-state index is 0.414. The summed E-state index contributed by atoms with van der Waals surface area (Å²) in [6.45, 7) is 4.02. The molecule has 0 amide bonds. The summed E-state index contributed by atoms with van der Waals surface area (Å²) in [5.41, 5.74) is 0.450. The van der Waals surface area contributed by atoms with Gasteiger partial charge in [-0.05, 0) is 37.5 Å². The normalized spacial score (nSPS) is 50.6. The molecule has 0 N–H and O–H groups in total. The van der Waals surface area contributed by atoms with E-state index in [1.807, 2.05) is 0 Å². The third-order valence-corrected chi connectivity index (χ3v) is 3.55. The van der Waals surface area contributed by atoms with Crippen LogP contribution in [0.5, 0.6) is 0 Å². The number of Topliss-reactive ketones (excluding diaryl/α,β-unsaturated/α-hetero) is 1. The highest BCUT2D eigenvalue weighted by atomic mass is 16.1. The van der Waals surface area contributed by atoms with E-state index in [0.717, 1.165) is 12.3 Å². The van der Waals surface area contributed by atoms with Gasteiger partial charge >= 0.3 is 0 Å². The van der Waals surface area contributed by atoms with Gasteiger partial charge in [-0.3, -0.25) is 4.79 Å². The lowest BCUT2D eigenvalue weighted by atomic mass is 9.89. The lowest BCUT2D eigenvalue weighted by Crippen LogP contribution is -2.17. The van der Waals surface area contributed by atoms with Crippen molar-refractivity contribution >= 4 is 5.78 Å². The second-order valence-electron chi connectivity index (χ2n) is 4.15. The van der Waals surface area contributed by atoms with Crippen LogP contribution >= 0.6 is 0 Å². The molecule has 3 atom stereocenters. The van der Waals surface area contributed by atoms with Crippen molar-refractivity contribution in [1.29, 1.82) is 0 Å². The molecular formula is C9H14O. The van der Waals surface area contributed by atoms with Gasteiger partial charge in [-0.15, -0.1) is 0 Å². The van der Waals surface area contributed by atoms with E-state index in [1.54, 1.807) is 6.92 Å². The number of hydrogen-bond donors (Lipinski definition) is 0. The Bertz CT molecular complexity index is 183. The van der Waals surface area contributed by atoms with Crippen LogP contribution in [0, 0.1) is 17.3 Å². The highest BCUT2D eigenvalue weighted by molar-refractivity contribution is 5.80. The van der Waals surface area contributed by atoms with Gasteiger partial charge in [-0.2, -0.15) is 0 Å². The van der Waals surface area contributed by atoms with E-state index < -0.39 is 0 Å². The highest BCUT2D eigenvalue weighted by Gasteiger charge is 2.60. The van der Waals surface area contributed by atoms with E-state index in [9.17, 15) is 4.79 Å². The van der Waals surface area contributed by atoms with Gasteiger partial charge in [0.05, 0.1) is 0 Å². The Morgan fingerprint density at radius 3 is 2.40 bits per heavy atom. The SMILES string of the molecule is CC(=O)[C@H]1CC[C@H]2C[C@]21C. The fraction of sp³-hybridized carbons (Fsp3) is 0.889. The maximum Gasteiger partial charge on any atom is 0.133 e. The molecule has 1 heteroatoms. The third kappa shape index (κ3) is 0.609. The van der Waals surface area contributed by atoms with Crippen LogP contribution in [0.3, 0.4) is 0 Å². The molecule has 2 rings (SSSR count). The van der Waals surface area contributed by atoms with Crippen LogP contribution in [0.25, 0.3) is 0 Å². The van der Waals surface area contributed by atoms with E-state index in [2.05, 4.69) is 6.92 Å². The van der Waals surface area contributed by atoms with Crippen molar-refractivity contribution in [2.75, 3.05) is 0 Å². The summed E-state index contributed by atoms with van der Waals surface area (Å²) in [4.78, 5) is 11.1. The number of hydrogen-bond acceptors (Lipinski definition) is 1. The molecule has 0 radical (unpaired) electrons. The monoisotopic (exact) mass is 138 g/mol. The molecule has 0 aromatic heterocycles. The zero-order valence-corrected chi connectivity index (χ0v) is 6.68. The summed E-state index contributed by atoms with van der Waals surface area (Å²) in [5, 5.41) is 0. The second-order valence-corrected chi connectivity index (χ2v) is 4.15. The molecule has 2 aliphatic carbocycles. The molecule has 1 nitrogen and oxygen atoms in total. The Morgan fingerprint density at radius 1 is 1.50 bits per heavy atom. The first-order valence-corrected chi connectivity index (χ1v) is 4.15. The van der Waals surface area contributed by atoms with Crippen molar-refractivity contribution in [3.8, 4) is 0 Å². The molecule has 0 aliphatic heterocycles. The van der Waals surface area contributed by atoms with Crippen LogP contribution in [0.2, 0.25) is 0 Å². The summed E-state index contributed by atoms with van der Waals surface area (Å²) in [6.07, 6.45) is 3.79. The Morgan fingerprint density at radius 2 is 2.20 bits per heavy atom. The van der Waals surface area contributed by atoms with Gasteiger partial charge in [0.2, 0.25) is 0 Å². The largest absolute Gasteiger partial charge is 0.300 e. The minimum Gasteiger partial charge on any atom is -0.300 e. The molecule has 2 saturated carbocycles. The molecule has 0 aromatic rings. The van der Waals surface area contributed by atoms with Gasteiger partial charge in [0.25, 0.3) is 0 Å². The van der Waals surface area contributed by atoms with Gasteiger partial charge in [0.15, 0.2) is 0 Å². The van der Waals surface area contributed by atoms with Crippen LogP contribution in [0.1, 0.15) is 33.1 Å². The molecule has 2 fully saturated rings. The Labute approximate surface area is 61.8 Å². The maximum atomic E-state index is 11.1. The van der Waals surface area contributed by atoms with Crippen LogP contribution in [0.15, 0.2) is 0 Å². The molecule has 0 spiro atoms. The maximum absolute atomic E-state index is 11.1. The van der Waals surface area contributed by atoms with E-state index in [1.165, 1.54) is 12.8 Å². The zero-order chi connectivity index (χ0) is 7.35. The van der Waals surface area contributed by atoms with Crippen molar-refractivity contribution in [3.05, 3.63) is 0 Å². The highest BCUT2D eigenvalue weighted by Crippen LogP contribution is 2.66. The Hall–Kier alpha value is -0.330. The summed E-state index contributed by atoms with van der Waals surface area (Å²) in [6, 6.07) is 0. The van der Waals surface area contributed by atoms with Crippen molar-refractivity contribution < 1.29 is 4.79 Å². The molecule has 56 valence electrons. The smallest absolute Gasteiger partial charge is 0.133 e. The fourth-order valence-electron chi connectivity index (χ4n) is 2.70. The number of carbonyl (C=O) groups excluding carboxylic acids is 1. The second kappa shape index (κ2) is 1.63. The van der Waals surface area contributed by atoms with Crippen molar-refractivity contribution in [1.82, 2.24) is 0 Å². The molecular weight excluding hydrogens is 124 g/mol. The van der Waals surface area contributed by atoms with Gasteiger partial charge in [-0.25, -0.2) is 0 Å². The lowest BCUT2D eigenvalue weighted by molar-refractivity contribution is -0.122. The predicted octanol–water partition coefficient (Wildman–Crippen LogP) is 2.01. The summed E-state index contributed by atoms with van der Waals surface area (Å²) >= 11 is 0. The summed E-state index contributed by atoms with van der Waals surface area (Å²) in [7, 11) is 0. The van der Waals surface area contributed by atoms with Crippen LogP contribution in [0.4, 0.5) is 0 Å². The predicted molar refractivity (Wildman–Crippen MR) is 39.6 cm³/mol. The standard InChI is InChI=1S/C9H14O/c1-6(10)8-4-3-7-5-9(7,8)2/h7-8H,3-5H2,1-2H3/t7-,8+,9+/m0/s1. The molecule has 0 aromatic carbocycles. The first kappa shape index (κ1) is 6.38. The van der Waals surface area contributed by atoms with Gasteiger partial charge in [0, 0.05) is 5.92 Å². The minimum absolute atomic E-state index is 0.414. The first-order chi connectivity index (χ1) is 4.64. The van der Waals surface area contributed by atoms with Gasteiger partial charge in [-0.1, -0.05) is 6.92 Å². The molecule has 0 unspecified atom stereocenters. The van der Waals surface area contributed by atoms with Crippen LogP contribution in [-0.2, 0) is 4.79 Å². The number of ketones is 1. The van der Waals surface area contributed by atoms with E-state index >= 15 is 0 Å². The summed E-state index contributed by atoms with van der Waals surface area (Å²) < 4.78 is 0. The number of fused-ring (bicyclic) bond motifs is 1. The lowest BCUT2D eigenvalue weighted by Gasteiger charge is -2.14. The van der Waals surface area contributed by atoms with E-state index in [0.29, 0.717) is 17.1 Å². The summed E-state index contributed by atoms with van der Waals surface area (Å²) in [5.74, 6) is 1.74. The first-order valence-electron chi connectivity index (χ1n) is 4.15. The third-order valence-electron chi connectivity index (χ3n) is 3.55. The molecule has 2 aliphatic rings. The average molecular weight is 138 g/mol. The number of carbonyl (C=O) groups is 1. The Balaban J connectivity index is 2.17. The molecule has 10 heavy (non-hydrogen) atoms. The molecule has 0 saturated heterocycles.